The first-order valence-electron chi connectivity index (χ1n) is 6.91. The molecule has 1 aromatic carbocycles. The van der Waals surface area contributed by atoms with Crippen molar-refractivity contribution < 1.29 is 0 Å². The van der Waals surface area contributed by atoms with E-state index in [1.165, 1.54) is 29.7 Å². The molecule has 0 unspecified atom stereocenters. The lowest BCUT2D eigenvalue weighted by molar-refractivity contribution is 0.743. The van der Waals surface area contributed by atoms with E-state index in [1.54, 1.807) is 12.3 Å². The fraction of sp³-hybridized carbons (Fsp3) is 0.312. The van der Waals surface area contributed by atoms with E-state index in [9.17, 15) is 0 Å². The van der Waals surface area contributed by atoms with Crippen LogP contribution >= 0.6 is 11.6 Å². The molecule has 3 nitrogen and oxygen atoms in total. The lowest BCUT2D eigenvalue weighted by Crippen LogP contribution is -2.24. The Morgan fingerprint density at radius 3 is 3.00 bits per heavy atom. The van der Waals surface area contributed by atoms with Crippen molar-refractivity contribution >= 4 is 23.0 Å². The van der Waals surface area contributed by atoms with Crippen molar-refractivity contribution in [1.29, 1.82) is 0 Å². The molecule has 4 heteroatoms. The number of aromatic nitrogens is 1. The Morgan fingerprint density at radius 1 is 1.30 bits per heavy atom. The maximum atomic E-state index is 5.78. The third-order valence-electron chi connectivity index (χ3n) is 3.72. The smallest absolute Gasteiger partial charge is 0.129 e. The summed E-state index contributed by atoms with van der Waals surface area (Å²) in [7, 11) is 2.16. The van der Waals surface area contributed by atoms with Gasteiger partial charge in [0.15, 0.2) is 0 Å². The fourth-order valence-corrected chi connectivity index (χ4v) is 2.74. The summed E-state index contributed by atoms with van der Waals surface area (Å²) in [6.45, 7) is 1.96. The van der Waals surface area contributed by atoms with Crippen LogP contribution in [0.15, 0.2) is 36.5 Å². The molecule has 0 saturated heterocycles. The van der Waals surface area contributed by atoms with Crippen LogP contribution in [-0.4, -0.2) is 18.6 Å². The number of benzene rings is 1. The molecule has 1 aliphatic heterocycles. The van der Waals surface area contributed by atoms with E-state index >= 15 is 0 Å². The lowest BCUT2D eigenvalue weighted by Gasteiger charge is -2.27. The first-order chi connectivity index (χ1) is 9.72. The average molecular weight is 288 g/mol. The van der Waals surface area contributed by atoms with Crippen LogP contribution in [0.1, 0.15) is 17.5 Å². The third kappa shape index (κ3) is 2.88. The molecule has 0 amide bonds. The van der Waals surface area contributed by atoms with Gasteiger partial charge in [0.25, 0.3) is 0 Å². The molecule has 0 spiro atoms. The zero-order valence-corrected chi connectivity index (χ0v) is 12.3. The number of anilines is 2. The number of aryl methyl sites for hydroxylation is 1. The van der Waals surface area contributed by atoms with Crippen LogP contribution in [0, 0.1) is 0 Å². The topological polar surface area (TPSA) is 28.2 Å². The van der Waals surface area contributed by atoms with E-state index in [2.05, 4.69) is 40.4 Å². The molecule has 2 aromatic rings. The molecule has 3 rings (SSSR count). The number of halogens is 1. The Bertz CT molecular complexity index is 595. The van der Waals surface area contributed by atoms with Gasteiger partial charge < -0.3 is 10.2 Å². The molecule has 0 radical (unpaired) electrons. The van der Waals surface area contributed by atoms with Crippen molar-refractivity contribution in [1.82, 2.24) is 4.98 Å². The van der Waals surface area contributed by atoms with E-state index in [0.29, 0.717) is 5.15 Å². The second-order valence-corrected chi connectivity index (χ2v) is 5.60. The van der Waals surface area contributed by atoms with Crippen LogP contribution in [0.3, 0.4) is 0 Å². The minimum Gasteiger partial charge on any atom is -0.380 e. The fourth-order valence-electron chi connectivity index (χ4n) is 2.63. The first kappa shape index (κ1) is 13.3. The van der Waals surface area contributed by atoms with Gasteiger partial charge in [0.1, 0.15) is 5.15 Å². The van der Waals surface area contributed by atoms with Gasteiger partial charge in [-0.15, -0.1) is 0 Å². The van der Waals surface area contributed by atoms with Crippen LogP contribution < -0.4 is 10.2 Å². The molecular weight excluding hydrogens is 270 g/mol. The number of hydrogen-bond acceptors (Lipinski definition) is 3. The van der Waals surface area contributed by atoms with Gasteiger partial charge in [0.05, 0.1) is 11.9 Å². The minimum atomic E-state index is 0.521. The lowest BCUT2D eigenvalue weighted by atomic mass is 9.99. The Kier molecular flexibility index (Phi) is 3.79. The third-order valence-corrected chi connectivity index (χ3v) is 3.94. The van der Waals surface area contributed by atoms with E-state index in [0.717, 1.165) is 18.8 Å². The summed E-state index contributed by atoms with van der Waals surface area (Å²) in [5.41, 5.74) is 5.11. The molecule has 20 heavy (non-hydrogen) atoms. The number of rotatable bonds is 3. The van der Waals surface area contributed by atoms with Crippen molar-refractivity contribution in [2.75, 3.05) is 23.8 Å². The Hall–Kier alpha value is -1.74. The predicted octanol–water partition coefficient (Wildman–Crippen LogP) is 3.73. The maximum Gasteiger partial charge on any atom is 0.129 e. The van der Waals surface area contributed by atoms with Gasteiger partial charge >= 0.3 is 0 Å². The molecule has 1 aliphatic rings. The summed E-state index contributed by atoms with van der Waals surface area (Å²) in [5.74, 6) is 0. The summed E-state index contributed by atoms with van der Waals surface area (Å²) in [6, 6.07) is 10.5. The van der Waals surface area contributed by atoms with E-state index in [4.69, 9.17) is 11.6 Å². The average Bonchev–Trinajstić information content (AvgIpc) is 2.47. The van der Waals surface area contributed by atoms with Crippen molar-refractivity contribution in [2.45, 2.75) is 19.4 Å². The highest BCUT2D eigenvalue weighted by Crippen LogP contribution is 2.27. The molecule has 0 aliphatic carbocycles. The predicted molar refractivity (Wildman–Crippen MR) is 84.6 cm³/mol. The summed E-state index contributed by atoms with van der Waals surface area (Å²) >= 11 is 5.78. The van der Waals surface area contributed by atoms with E-state index in [1.807, 2.05) is 6.07 Å². The molecule has 104 valence electrons. The van der Waals surface area contributed by atoms with E-state index in [-0.39, 0.29) is 0 Å². The highest BCUT2D eigenvalue weighted by molar-refractivity contribution is 6.29. The minimum absolute atomic E-state index is 0.521. The highest BCUT2D eigenvalue weighted by atomic mass is 35.5. The van der Waals surface area contributed by atoms with Crippen LogP contribution in [0.25, 0.3) is 0 Å². The summed E-state index contributed by atoms with van der Waals surface area (Å²) in [5, 5.41) is 3.89. The molecular formula is C16H18ClN3. The van der Waals surface area contributed by atoms with Crippen LogP contribution in [0.4, 0.5) is 11.4 Å². The van der Waals surface area contributed by atoms with Crippen LogP contribution in [0.5, 0.6) is 0 Å². The normalized spacial score (nSPS) is 14.0. The van der Waals surface area contributed by atoms with Gasteiger partial charge in [-0.1, -0.05) is 23.7 Å². The van der Waals surface area contributed by atoms with Crippen molar-refractivity contribution in [3.63, 3.8) is 0 Å². The first-order valence-corrected chi connectivity index (χ1v) is 7.28. The van der Waals surface area contributed by atoms with Crippen LogP contribution in [0.2, 0.25) is 5.15 Å². The zero-order chi connectivity index (χ0) is 13.9. The number of pyridine rings is 1. The Labute approximate surface area is 124 Å². The maximum absolute atomic E-state index is 5.78. The molecule has 0 saturated carbocycles. The number of nitrogens with zero attached hydrogens (tertiary/aromatic N) is 2. The van der Waals surface area contributed by atoms with Gasteiger partial charge in [-0.2, -0.15) is 0 Å². The quantitative estimate of drug-likeness (QED) is 0.872. The van der Waals surface area contributed by atoms with Gasteiger partial charge in [-0.05, 0) is 42.2 Å². The second kappa shape index (κ2) is 5.71. The largest absolute Gasteiger partial charge is 0.380 e. The summed E-state index contributed by atoms with van der Waals surface area (Å²) < 4.78 is 0. The van der Waals surface area contributed by atoms with E-state index < -0.39 is 0 Å². The van der Waals surface area contributed by atoms with Gasteiger partial charge in [-0.25, -0.2) is 4.98 Å². The molecule has 0 atom stereocenters. The number of nitrogens with one attached hydrogen (secondary N) is 1. The number of fused-ring (bicyclic) bond motifs is 1. The molecule has 1 N–H and O–H groups in total. The van der Waals surface area contributed by atoms with Crippen molar-refractivity contribution in [2.24, 2.45) is 0 Å². The van der Waals surface area contributed by atoms with Gasteiger partial charge in [0, 0.05) is 25.8 Å². The molecule has 0 fully saturated rings. The van der Waals surface area contributed by atoms with Gasteiger partial charge in [-0.3, -0.25) is 0 Å². The van der Waals surface area contributed by atoms with Gasteiger partial charge in [0.2, 0.25) is 0 Å². The number of hydrogen-bond donors (Lipinski definition) is 1. The Balaban J connectivity index is 1.70. The Morgan fingerprint density at radius 2 is 2.20 bits per heavy atom. The molecule has 1 aromatic heterocycles. The summed E-state index contributed by atoms with van der Waals surface area (Å²) in [6.07, 6.45) is 4.17. The standard InChI is InChI=1S/C16H18ClN3/c1-20-8-2-3-13-9-12(4-6-15(13)20)10-18-14-5-7-16(17)19-11-14/h4-7,9,11,18H,2-3,8,10H2,1H3. The zero-order valence-electron chi connectivity index (χ0n) is 11.6. The monoisotopic (exact) mass is 287 g/mol. The molecule has 0 bridgehead atoms. The second-order valence-electron chi connectivity index (χ2n) is 5.21. The van der Waals surface area contributed by atoms with Crippen molar-refractivity contribution in [3.8, 4) is 0 Å². The van der Waals surface area contributed by atoms with Crippen molar-refractivity contribution in [3.05, 3.63) is 52.8 Å². The SMILES string of the molecule is CN1CCCc2cc(CNc3ccc(Cl)nc3)ccc21. The molecule has 2 heterocycles. The summed E-state index contributed by atoms with van der Waals surface area (Å²) in [4.78, 5) is 6.40. The van der Waals surface area contributed by atoms with Crippen LogP contribution in [-0.2, 0) is 13.0 Å². The highest BCUT2D eigenvalue weighted by Gasteiger charge is 2.13.